The number of ether oxygens (including phenoxy) is 1. The van der Waals surface area contributed by atoms with Gasteiger partial charge in [-0.25, -0.2) is 4.98 Å². The number of pyridine rings is 1. The van der Waals surface area contributed by atoms with E-state index < -0.39 is 5.41 Å². The summed E-state index contributed by atoms with van der Waals surface area (Å²) in [5.74, 6) is 0.504. The Bertz CT molecular complexity index is 934. The highest BCUT2D eigenvalue weighted by Crippen LogP contribution is 2.51. The fourth-order valence-electron chi connectivity index (χ4n) is 3.54. The molecule has 0 bridgehead atoms. The average Bonchev–Trinajstić information content (AvgIpc) is 3.03. The van der Waals surface area contributed by atoms with Crippen molar-refractivity contribution in [1.82, 2.24) is 4.98 Å². The smallest absolute Gasteiger partial charge is 0.213 e. The molecule has 0 saturated heterocycles. The zero-order chi connectivity index (χ0) is 17.3. The number of methoxy groups -OCH3 is 1. The Kier molecular flexibility index (Phi) is 3.62. The zero-order valence-corrected chi connectivity index (χ0v) is 13.8. The van der Waals surface area contributed by atoms with Crippen LogP contribution in [0.2, 0.25) is 0 Å². The minimum Gasteiger partial charge on any atom is -0.481 e. The summed E-state index contributed by atoms with van der Waals surface area (Å²) in [4.78, 5) is 4.64. The van der Waals surface area contributed by atoms with Crippen molar-refractivity contribution in [3.63, 3.8) is 0 Å². The lowest BCUT2D eigenvalue weighted by molar-refractivity contribution is 0.394. The van der Waals surface area contributed by atoms with Crippen LogP contribution in [0.25, 0.3) is 0 Å². The molecule has 0 radical (unpaired) electrons. The maximum atomic E-state index is 10.3. The van der Waals surface area contributed by atoms with E-state index in [1.165, 1.54) is 0 Å². The third-order valence-corrected chi connectivity index (χ3v) is 4.72. The lowest BCUT2D eigenvalue weighted by Gasteiger charge is -2.29. The lowest BCUT2D eigenvalue weighted by atomic mass is 9.72. The quantitative estimate of drug-likeness (QED) is 0.788. The van der Waals surface area contributed by atoms with Crippen LogP contribution in [0, 0.1) is 11.3 Å². The zero-order valence-electron chi connectivity index (χ0n) is 13.8. The van der Waals surface area contributed by atoms with Crippen LogP contribution < -0.4 is 10.1 Å². The van der Waals surface area contributed by atoms with Crippen molar-refractivity contribution in [2.24, 2.45) is 0 Å². The van der Waals surface area contributed by atoms with Crippen LogP contribution in [0.3, 0.4) is 0 Å². The van der Waals surface area contributed by atoms with Crippen LogP contribution in [0.4, 0.5) is 5.69 Å². The van der Waals surface area contributed by atoms with Crippen molar-refractivity contribution in [1.29, 1.82) is 5.26 Å². The third kappa shape index (κ3) is 2.25. The number of anilines is 1. The van der Waals surface area contributed by atoms with Gasteiger partial charge in [0.1, 0.15) is 0 Å². The summed E-state index contributed by atoms with van der Waals surface area (Å²) in [6.07, 6.45) is 0. The molecule has 2 heterocycles. The summed E-state index contributed by atoms with van der Waals surface area (Å²) in [6, 6.07) is 25.9. The molecule has 0 spiro atoms. The minimum atomic E-state index is -0.924. The van der Waals surface area contributed by atoms with E-state index in [9.17, 15) is 5.26 Å². The molecule has 1 aromatic heterocycles. The van der Waals surface area contributed by atoms with Crippen LogP contribution in [0.15, 0.2) is 72.8 Å². The van der Waals surface area contributed by atoms with Crippen molar-refractivity contribution >= 4 is 5.69 Å². The topological polar surface area (TPSA) is 57.9 Å². The van der Waals surface area contributed by atoms with Crippen LogP contribution in [0.5, 0.6) is 5.88 Å². The summed E-state index contributed by atoms with van der Waals surface area (Å²) in [6.45, 7) is 0. The molecular weight excluding hydrogens is 310 g/mol. The van der Waals surface area contributed by atoms with E-state index >= 15 is 0 Å². The maximum Gasteiger partial charge on any atom is 0.213 e. The van der Waals surface area contributed by atoms with Crippen LogP contribution in [0.1, 0.15) is 22.9 Å². The van der Waals surface area contributed by atoms with Gasteiger partial charge in [0.25, 0.3) is 0 Å². The normalized spacial score (nSPS) is 21.0. The third-order valence-electron chi connectivity index (χ3n) is 4.72. The molecule has 0 saturated carbocycles. The summed E-state index contributed by atoms with van der Waals surface area (Å²) in [5.41, 5.74) is 2.60. The molecule has 0 unspecified atom stereocenters. The SMILES string of the molecule is COc1ccc2c(n1)[C@@](C#N)(c1ccccc1)[C@H](c1ccccc1)N2. The molecule has 4 rings (SSSR count). The predicted molar refractivity (Wildman–Crippen MR) is 96.4 cm³/mol. The second kappa shape index (κ2) is 5.95. The summed E-state index contributed by atoms with van der Waals surface area (Å²) < 4.78 is 5.31. The van der Waals surface area contributed by atoms with Crippen LogP contribution in [-0.4, -0.2) is 12.1 Å². The van der Waals surface area contributed by atoms with Gasteiger partial charge in [-0.1, -0.05) is 60.7 Å². The summed E-state index contributed by atoms with van der Waals surface area (Å²) in [7, 11) is 1.59. The monoisotopic (exact) mass is 327 g/mol. The first-order valence-electron chi connectivity index (χ1n) is 8.13. The summed E-state index contributed by atoms with van der Waals surface area (Å²) in [5, 5.41) is 13.8. The molecule has 1 N–H and O–H groups in total. The molecule has 4 heteroatoms. The highest BCUT2D eigenvalue weighted by molar-refractivity contribution is 5.68. The Hall–Kier alpha value is -3.32. The van der Waals surface area contributed by atoms with Gasteiger partial charge in [-0.05, 0) is 17.2 Å². The van der Waals surface area contributed by atoms with Gasteiger partial charge in [0, 0.05) is 6.07 Å². The Balaban J connectivity index is 2.00. The average molecular weight is 327 g/mol. The van der Waals surface area contributed by atoms with Crippen molar-refractivity contribution < 1.29 is 4.74 Å². The molecule has 1 aliphatic heterocycles. The number of aromatic nitrogens is 1. The first-order chi connectivity index (χ1) is 12.3. The van der Waals surface area contributed by atoms with E-state index in [1.54, 1.807) is 7.11 Å². The molecule has 2 aromatic carbocycles. The van der Waals surface area contributed by atoms with E-state index in [0.717, 1.165) is 16.8 Å². The van der Waals surface area contributed by atoms with Crippen molar-refractivity contribution in [2.75, 3.05) is 12.4 Å². The van der Waals surface area contributed by atoms with E-state index in [0.29, 0.717) is 11.6 Å². The Morgan fingerprint density at radius 2 is 1.68 bits per heavy atom. The number of hydrogen-bond donors (Lipinski definition) is 1. The second-order valence-corrected chi connectivity index (χ2v) is 6.02. The standard InChI is InChI=1S/C21H17N3O/c1-25-18-13-12-17-20(24-18)21(14-22,16-10-6-3-7-11-16)19(23-17)15-8-4-2-5-9-15/h2-13,19,23H,1H3/t19-,21-/m0/s1. The number of fused-ring (bicyclic) bond motifs is 1. The van der Waals surface area contributed by atoms with E-state index in [1.807, 2.05) is 72.8 Å². The van der Waals surface area contributed by atoms with Gasteiger partial charge in [0.15, 0.2) is 5.41 Å². The predicted octanol–water partition coefficient (Wildman–Crippen LogP) is 4.07. The van der Waals surface area contributed by atoms with Gasteiger partial charge in [-0.2, -0.15) is 5.26 Å². The van der Waals surface area contributed by atoms with Gasteiger partial charge in [0.2, 0.25) is 5.88 Å². The van der Waals surface area contributed by atoms with Gasteiger partial charge in [-0.3, -0.25) is 0 Å². The molecule has 0 amide bonds. The summed E-state index contributed by atoms with van der Waals surface area (Å²) >= 11 is 0. The molecule has 25 heavy (non-hydrogen) atoms. The van der Waals surface area contributed by atoms with Crippen molar-refractivity contribution in [3.8, 4) is 11.9 Å². The fraction of sp³-hybridized carbons (Fsp3) is 0.143. The fourth-order valence-corrected chi connectivity index (χ4v) is 3.54. The molecule has 2 atom stereocenters. The maximum absolute atomic E-state index is 10.3. The highest BCUT2D eigenvalue weighted by atomic mass is 16.5. The van der Waals surface area contributed by atoms with Crippen molar-refractivity contribution in [2.45, 2.75) is 11.5 Å². The molecule has 4 nitrogen and oxygen atoms in total. The Morgan fingerprint density at radius 3 is 2.32 bits per heavy atom. The number of nitriles is 1. The van der Waals surface area contributed by atoms with Gasteiger partial charge < -0.3 is 10.1 Å². The van der Waals surface area contributed by atoms with Crippen LogP contribution in [-0.2, 0) is 5.41 Å². The highest BCUT2D eigenvalue weighted by Gasteiger charge is 2.51. The Labute approximate surface area is 146 Å². The Morgan fingerprint density at radius 1 is 1.00 bits per heavy atom. The largest absolute Gasteiger partial charge is 0.481 e. The van der Waals surface area contributed by atoms with Gasteiger partial charge in [0.05, 0.1) is 30.6 Å². The number of benzene rings is 2. The van der Waals surface area contributed by atoms with E-state index in [-0.39, 0.29) is 6.04 Å². The van der Waals surface area contributed by atoms with E-state index in [2.05, 4.69) is 16.4 Å². The molecular formula is C21H17N3O. The number of nitrogens with one attached hydrogen (secondary N) is 1. The van der Waals surface area contributed by atoms with Gasteiger partial charge in [-0.15, -0.1) is 0 Å². The molecule has 1 aliphatic rings. The first-order valence-corrected chi connectivity index (χ1v) is 8.13. The van der Waals surface area contributed by atoms with Gasteiger partial charge >= 0.3 is 0 Å². The molecule has 0 fully saturated rings. The molecule has 0 aliphatic carbocycles. The first kappa shape index (κ1) is 15.2. The van der Waals surface area contributed by atoms with E-state index in [4.69, 9.17) is 4.74 Å². The second-order valence-electron chi connectivity index (χ2n) is 6.02. The number of hydrogen-bond acceptors (Lipinski definition) is 4. The molecule has 3 aromatic rings. The molecule has 122 valence electrons. The van der Waals surface area contributed by atoms with Crippen LogP contribution >= 0.6 is 0 Å². The number of nitrogens with zero attached hydrogens (tertiary/aromatic N) is 2. The number of rotatable bonds is 3. The minimum absolute atomic E-state index is 0.226. The van der Waals surface area contributed by atoms with Crippen molar-refractivity contribution in [3.05, 3.63) is 89.6 Å². The lowest BCUT2D eigenvalue weighted by Crippen LogP contribution is -2.32.